The molecule has 2 aromatic carbocycles. The van der Waals surface area contributed by atoms with Crippen molar-refractivity contribution in [2.45, 2.75) is 56.5 Å². The van der Waals surface area contributed by atoms with Crippen molar-refractivity contribution < 1.29 is 4.79 Å². The maximum absolute atomic E-state index is 12.9. The summed E-state index contributed by atoms with van der Waals surface area (Å²) < 4.78 is 1.69. The Balaban J connectivity index is 1.47. The minimum Gasteiger partial charge on any atom is -0.348 e. The van der Waals surface area contributed by atoms with Crippen molar-refractivity contribution in [2.75, 3.05) is 0 Å². The molecule has 3 aromatic rings. The number of hydrogen-bond acceptors (Lipinski definition) is 5. The fraction of sp³-hybridized carbons (Fsp3) is 0.364. The van der Waals surface area contributed by atoms with Crippen molar-refractivity contribution in [1.82, 2.24) is 25.5 Å². The molecule has 0 saturated heterocycles. The van der Waals surface area contributed by atoms with Crippen molar-refractivity contribution in [2.24, 2.45) is 0 Å². The number of aromatic nitrogens is 4. The molecule has 0 fully saturated rings. The number of nitrogens with one attached hydrogen (secondary N) is 1. The van der Waals surface area contributed by atoms with E-state index in [0.717, 1.165) is 24.9 Å². The van der Waals surface area contributed by atoms with Crippen molar-refractivity contribution in [3.63, 3.8) is 0 Å². The van der Waals surface area contributed by atoms with Crippen molar-refractivity contribution in [3.8, 4) is 5.69 Å². The first-order valence-corrected chi connectivity index (χ1v) is 10.8. The third kappa shape index (κ3) is 4.19. The average molecular weight is 408 g/mol. The Labute approximate surface area is 175 Å². The molecule has 2 atom stereocenters. The first-order chi connectivity index (χ1) is 14.0. The second kappa shape index (κ2) is 8.37. The molecule has 29 heavy (non-hydrogen) atoms. The zero-order chi connectivity index (χ0) is 20.4. The van der Waals surface area contributed by atoms with E-state index < -0.39 is 0 Å². The van der Waals surface area contributed by atoms with Gasteiger partial charge in [0.25, 0.3) is 0 Å². The molecule has 6 nitrogen and oxygen atoms in total. The minimum absolute atomic E-state index is 0.00587. The quantitative estimate of drug-likeness (QED) is 0.648. The van der Waals surface area contributed by atoms with E-state index in [4.69, 9.17) is 0 Å². The Kier molecular flexibility index (Phi) is 5.67. The van der Waals surface area contributed by atoms with Gasteiger partial charge in [-0.15, -0.1) is 5.10 Å². The Morgan fingerprint density at radius 1 is 1.21 bits per heavy atom. The number of rotatable bonds is 5. The van der Waals surface area contributed by atoms with Gasteiger partial charge in [0, 0.05) is 0 Å². The summed E-state index contributed by atoms with van der Waals surface area (Å²) in [6, 6.07) is 14.6. The summed E-state index contributed by atoms with van der Waals surface area (Å²) in [7, 11) is 0. The monoisotopic (exact) mass is 407 g/mol. The molecule has 7 heteroatoms. The number of benzene rings is 2. The summed E-state index contributed by atoms with van der Waals surface area (Å²) in [5.41, 5.74) is 5.87. The van der Waals surface area contributed by atoms with Crippen molar-refractivity contribution >= 4 is 17.7 Å². The van der Waals surface area contributed by atoms with E-state index in [0.29, 0.717) is 5.16 Å². The predicted molar refractivity (Wildman–Crippen MR) is 114 cm³/mol. The Hall–Kier alpha value is -2.67. The number of nitrogens with zero attached hydrogens (tertiary/aromatic N) is 4. The number of amides is 1. The molecule has 1 N–H and O–H groups in total. The van der Waals surface area contributed by atoms with Crippen LogP contribution in [0, 0.1) is 13.8 Å². The molecule has 1 aliphatic rings. The summed E-state index contributed by atoms with van der Waals surface area (Å²) >= 11 is 1.37. The van der Waals surface area contributed by atoms with Crippen LogP contribution in [0.4, 0.5) is 0 Å². The van der Waals surface area contributed by atoms with Gasteiger partial charge in [-0.25, -0.2) is 0 Å². The summed E-state index contributed by atoms with van der Waals surface area (Å²) in [6.45, 7) is 6.03. The van der Waals surface area contributed by atoms with Crippen LogP contribution in [0.15, 0.2) is 47.6 Å². The predicted octanol–water partition coefficient (Wildman–Crippen LogP) is 3.95. The Morgan fingerprint density at radius 3 is 2.86 bits per heavy atom. The first-order valence-electron chi connectivity index (χ1n) is 9.94. The lowest BCUT2D eigenvalue weighted by Gasteiger charge is -2.27. The zero-order valence-electron chi connectivity index (χ0n) is 16.9. The van der Waals surface area contributed by atoms with Gasteiger partial charge in [-0.1, -0.05) is 42.1 Å². The Morgan fingerprint density at radius 2 is 2.03 bits per heavy atom. The lowest BCUT2D eigenvalue weighted by Crippen LogP contribution is -2.36. The highest BCUT2D eigenvalue weighted by Gasteiger charge is 2.25. The molecule has 1 aliphatic carbocycles. The molecule has 150 valence electrons. The van der Waals surface area contributed by atoms with Gasteiger partial charge in [-0.2, -0.15) is 4.68 Å². The van der Waals surface area contributed by atoms with Crippen LogP contribution in [0.25, 0.3) is 5.69 Å². The highest BCUT2D eigenvalue weighted by Crippen LogP contribution is 2.30. The summed E-state index contributed by atoms with van der Waals surface area (Å²) in [5, 5.41) is 15.6. The molecule has 0 saturated carbocycles. The standard InChI is InChI=1S/C22H25N5OS/c1-14-11-12-18(13-15(14)2)27-22(24-25-26-27)29-16(3)21(28)23-20-10-6-8-17-7-4-5-9-19(17)20/h4-5,7,9,11-13,16,20H,6,8,10H2,1-3H3,(H,23,28)/t16-,20+/m0/s1. The maximum atomic E-state index is 12.9. The number of carbonyl (C=O) groups excluding carboxylic acids is 1. The fourth-order valence-corrected chi connectivity index (χ4v) is 4.49. The van der Waals surface area contributed by atoms with Crippen LogP contribution in [-0.4, -0.2) is 31.4 Å². The maximum Gasteiger partial charge on any atom is 0.233 e. The molecule has 1 aromatic heterocycles. The van der Waals surface area contributed by atoms with Gasteiger partial charge in [0.05, 0.1) is 17.0 Å². The normalized spacial score (nSPS) is 16.9. The van der Waals surface area contributed by atoms with E-state index in [1.807, 2.05) is 19.1 Å². The number of carbonyl (C=O) groups is 1. The summed E-state index contributed by atoms with van der Waals surface area (Å²) in [5.74, 6) is 0.00587. The number of hydrogen-bond donors (Lipinski definition) is 1. The van der Waals surface area contributed by atoms with Gasteiger partial charge in [0.15, 0.2) is 0 Å². The van der Waals surface area contributed by atoms with E-state index in [9.17, 15) is 4.79 Å². The van der Waals surface area contributed by atoms with E-state index in [2.05, 4.69) is 65.0 Å². The smallest absolute Gasteiger partial charge is 0.233 e. The summed E-state index contributed by atoms with van der Waals surface area (Å²) in [4.78, 5) is 12.9. The van der Waals surface area contributed by atoms with Crippen LogP contribution < -0.4 is 5.32 Å². The molecule has 0 unspecified atom stereocenters. The van der Waals surface area contributed by atoms with Gasteiger partial charge < -0.3 is 5.32 Å². The molecule has 0 bridgehead atoms. The van der Waals surface area contributed by atoms with Crippen LogP contribution >= 0.6 is 11.8 Å². The van der Waals surface area contributed by atoms with E-state index in [1.165, 1.54) is 34.0 Å². The van der Waals surface area contributed by atoms with E-state index in [-0.39, 0.29) is 17.2 Å². The van der Waals surface area contributed by atoms with Crippen molar-refractivity contribution in [3.05, 3.63) is 64.7 Å². The first kappa shape index (κ1) is 19.6. The van der Waals surface area contributed by atoms with Crippen LogP contribution in [0.3, 0.4) is 0 Å². The van der Waals surface area contributed by atoms with E-state index >= 15 is 0 Å². The second-order valence-corrected chi connectivity index (χ2v) is 8.86. The number of thioether (sulfide) groups is 1. The van der Waals surface area contributed by atoms with Gasteiger partial charge in [-0.3, -0.25) is 4.79 Å². The number of tetrazole rings is 1. The SMILES string of the molecule is Cc1ccc(-n2nnnc2S[C@@H](C)C(=O)N[C@@H]2CCCc3ccccc32)cc1C. The zero-order valence-corrected chi connectivity index (χ0v) is 17.7. The molecular weight excluding hydrogens is 382 g/mol. The Bertz CT molecular complexity index is 1030. The second-order valence-electron chi connectivity index (χ2n) is 7.55. The fourth-order valence-electron chi connectivity index (χ4n) is 3.68. The molecule has 4 rings (SSSR count). The van der Waals surface area contributed by atoms with Crippen molar-refractivity contribution in [1.29, 1.82) is 0 Å². The van der Waals surface area contributed by atoms with Gasteiger partial charge in [0.1, 0.15) is 0 Å². The lowest BCUT2D eigenvalue weighted by atomic mass is 9.88. The van der Waals surface area contributed by atoms with Gasteiger partial charge in [-0.05, 0) is 84.8 Å². The molecule has 1 amide bonds. The summed E-state index contributed by atoms with van der Waals surface area (Å²) in [6.07, 6.45) is 3.15. The number of aryl methyl sites for hydroxylation is 3. The highest BCUT2D eigenvalue weighted by atomic mass is 32.2. The highest BCUT2D eigenvalue weighted by molar-refractivity contribution is 8.00. The topological polar surface area (TPSA) is 72.7 Å². The molecule has 0 aliphatic heterocycles. The third-order valence-corrected chi connectivity index (χ3v) is 6.55. The largest absolute Gasteiger partial charge is 0.348 e. The van der Waals surface area contributed by atoms with Crippen LogP contribution in [-0.2, 0) is 11.2 Å². The molecular formula is C22H25N5OS. The average Bonchev–Trinajstić information content (AvgIpc) is 3.18. The molecule has 1 heterocycles. The van der Waals surface area contributed by atoms with Gasteiger partial charge >= 0.3 is 0 Å². The van der Waals surface area contributed by atoms with Crippen LogP contribution in [0.1, 0.15) is 48.1 Å². The number of fused-ring (bicyclic) bond motifs is 1. The molecule has 0 radical (unpaired) electrons. The third-order valence-electron chi connectivity index (χ3n) is 5.51. The van der Waals surface area contributed by atoms with E-state index in [1.54, 1.807) is 4.68 Å². The van der Waals surface area contributed by atoms with Gasteiger partial charge in [0.2, 0.25) is 11.1 Å². The molecule has 0 spiro atoms. The van der Waals surface area contributed by atoms with Crippen LogP contribution in [0.2, 0.25) is 0 Å². The minimum atomic E-state index is -0.305. The lowest BCUT2D eigenvalue weighted by molar-refractivity contribution is -0.121. The van der Waals surface area contributed by atoms with Crippen LogP contribution in [0.5, 0.6) is 0 Å².